The van der Waals surface area contributed by atoms with Crippen molar-refractivity contribution >= 4 is 17.5 Å². The molecule has 2 atom stereocenters. The Kier molecular flexibility index (Phi) is 6.10. The first kappa shape index (κ1) is 20.4. The summed E-state index contributed by atoms with van der Waals surface area (Å²) in [5.41, 5.74) is 7.71. The van der Waals surface area contributed by atoms with Gasteiger partial charge in [-0.15, -0.1) is 0 Å². The van der Waals surface area contributed by atoms with Gasteiger partial charge < -0.3 is 20.2 Å². The first-order valence-corrected chi connectivity index (χ1v) is 9.64. The smallest absolute Gasteiger partial charge is 0.336 e. The van der Waals surface area contributed by atoms with Gasteiger partial charge in [0.2, 0.25) is 0 Å². The Morgan fingerprint density at radius 1 is 1.36 bits per heavy atom. The van der Waals surface area contributed by atoms with Crippen molar-refractivity contribution in [1.82, 2.24) is 9.97 Å². The average Bonchev–Trinajstić information content (AvgIpc) is 3.14. The molecule has 0 amide bonds. The van der Waals surface area contributed by atoms with Crippen LogP contribution in [0, 0.1) is 11.3 Å². The summed E-state index contributed by atoms with van der Waals surface area (Å²) in [5.74, 6) is -1.40. The van der Waals surface area contributed by atoms with E-state index in [1.165, 1.54) is 0 Å². The molecule has 1 aliphatic carbocycles. The number of rotatable bonds is 7. The van der Waals surface area contributed by atoms with E-state index in [9.17, 15) is 9.59 Å². The molecule has 1 saturated carbocycles. The average molecular weight is 388 g/mol. The second-order valence-corrected chi connectivity index (χ2v) is 7.97. The number of ether oxygens (including phenoxy) is 2. The summed E-state index contributed by atoms with van der Waals surface area (Å²) >= 11 is 0. The third-order valence-corrected chi connectivity index (χ3v) is 5.10. The van der Waals surface area contributed by atoms with Crippen molar-refractivity contribution in [3.63, 3.8) is 0 Å². The van der Waals surface area contributed by atoms with E-state index in [2.05, 4.69) is 23.8 Å². The number of nitrogens with one attached hydrogen (secondary N) is 1. The molecule has 3 rings (SSSR count). The maximum atomic E-state index is 13.1. The number of fused-ring (bicyclic) bond motifs is 1. The molecule has 0 spiro atoms. The molecular weight excluding hydrogens is 360 g/mol. The van der Waals surface area contributed by atoms with Crippen molar-refractivity contribution < 1.29 is 19.1 Å². The maximum Gasteiger partial charge on any atom is 0.336 e. The Hall–Kier alpha value is -2.32. The van der Waals surface area contributed by atoms with Crippen LogP contribution < -0.4 is 5.73 Å². The second kappa shape index (κ2) is 8.36. The van der Waals surface area contributed by atoms with Crippen LogP contribution in [0.15, 0.2) is 28.8 Å². The van der Waals surface area contributed by atoms with Gasteiger partial charge in [-0.1, -0.05) is 13.8 Å². The van der Waals surface area contributed by atoms with Crippen LogP contribution in [0.3, 0.4) is 0 Å². The zero-order valence-corrected chi connectivity index (χ0v) is 16.7. The van der Waals surface area contributed by atoms with E-state index >= 15 is 0 Å². The number of carbonyl (C=O) groups is 2. The topological polar surface area (TPSA) is 120 Å². The normalized spacial score (nSPS) is 24.0. The maximum absolute atomic E-state index is 13.1. The number of hydrogen-bond acceptors (Lipinski definition) is 7. The van der Waals surface area contributed by atoms with Gasteiger partial charge in [0, 0.05) is 36.5 Å². The minimum atomic E-state index is -0.505. The summed E-state index contributed by atoms with van der Waals surface area (Å²) in [4.78, 5) is 37.9. The molecule has 1 fully saturated rings. The van der Waals surface area contributed by atoms with E-state index in [0.29, 0.717) is 43.0 Å². The molecule has 152 valence electrons. The lowest BCUT2D eigenvalue weighted by Crippen LogP contribution is -2.44. The first-order chi connectivity index (χ1) is 13.4. The third kappa shape index (κ3) is 4.07. The van der Waals surface area contributed by atoms with E-state index in [1.54, 1.807) is 19.4 Å². The van der Waals surface area contributed by atoms with E-state index in [1.807, 2.05) is 0 Å². The third-order valence-electron chi connectivity index (χ3n) is 5.10. The summed E-state index contributed by atoms with van der Waals surface area (Å²) in [6, 6.07) is 0. The number of hydrogen-bond donors (Lipinski definition) is 2. The van der Waals surface area contributed by atoms with Crippen LogP contribution in [-0.2, 0) is 19.1 Å². The molecule has 1 aromatic rings. The van der Waals surface area contributed by atoms with Gasteiger partial charge in [-0.3, -0.25) is 9.79 Å². The highest BCUT2D eigenvalue weighted by atomic mass is 16.5. The molecule has 1 aromatic heterocycles. The molecule has 1 aliphatic heterocycles. The highest BCUT2D eigenvalue weighted by molar-refractivity contribution is 6.12. The first-order valence-electron chi connectivity index (χ1n) is 9.64. The zero-order chi connectivity index (χ0) is 20.3. The van der Waals surface area contributed by atoms with Crippen molar-refractivity contribution in [2.45, 2.75) is 39.5 Å². The number of esters is 1. The minimum Gasteiger partial charge on any atom is -0.463 e. The number of imidazole rings is 1. The number of ketones is 1. The second-order valence-electron chi connectivity index (χ2n) is 7.97. The summed E-state index contributed by atoms with van der Waals surface area (Å²) in [5, 5.41) is 0. The molecule has 8 heteroatoms. The number of nitrogens with two attached hydrogens (primary N) is 1. The predicted molar refractivity (Wildman–Crippen MR) is 104 cm³/mol. The summed E-state index contributed by atoms with van der Waals surface area (Å²) in [7, 11) is 0. The molecule has 0 radical (unpaired) electrons. The Morgan fingerprint density at radius 3 is 2.79 bits per heavy atom. The predicted octanol–water partition coefficient (Wildman–Crippen LogP) is 1.75. The Morgan fingerprint density at radius 2 is 2.14 bits per heavy atom. The largest absolute Gasteiger partial charge is 0.463 e. The van der Waals surface area contributed by atoms with Gasteiger partial charge in [-0.2, -0.15) is 0 Å². The molecule has 0 aromatic carbocycles. The van der Waals surface area contributed by atoms with Crippen molar-refractivity contribution in [2.24, 2.45) is 22.1 Å². The fourth-order valence-electron chi connectivity index (χ4n) is 4.08. The monoisotopic (exact) mass is 388 g/mol. The number of aromatic nitrogens is 2. The molecule has 2 aliphatic rings. The molecule has 3 N–H and O–H groups in total. The lowest BCUT2D eigenvalue weighted by molar-refractivity contribution is -0.139. The van der Waals surface area contributed by atoms with Gasteiger partial charge in [-0.25, -0.2) is 9.78 Å². The Labute approximate surface area is 164 Å². The van der Waals surface area contributed by atoms with Crippen molar-refractivity contribution in [3.8, 4) is 0 Å². The lowest BCUT2D eigenvalue weighted by atomic mass is 9.64. The van der Waals surface area contributed by atoms with Crippen LogP contribution in [-0.4, -0.2) is 53.8 Å². The van der Waals surface area contributed by atoms with Crippen LogP contribution in [0.25, 0.3) is 0 Å². The van der Waals surface area contributed by atoms with Gasteiger partial charge in [0.05, 0.1) is 43.3 Å². The standard InChI is InChI=1S/C20H28N4O4/c1-4-28-19(26)18-14(10-27-6-5-21)24-12-7-20(2,3)8-15(25)16(12)17(18)13-9-22-11-23-13/h9,11,16-17H,4-8,10,21H2,1-3H3,(H,22,23). The molecule has 2 unspecified atom stereocenters. The summed E-state index contributed by atoms with van der Waals surface area (Å²) < 4.78 is 10.9. The van der Waals surface area contributed by atoms with Crippen LogP contribution in [0.2, 0.25) is 0 Å². The van der Waals surface area contributed by atoms with Gasteiger partial charge in [0.15, 0.2) is 0 Å². The van der Waals surface area contributed by atoms with Crippen molar-refractivity contribution in [3.05, 3.63) is 29.5 Å². The van der Waals surface area contributed by atoms with Crippen LogP contribution in [0.4, 0.5) is 0 Å². The molecular formula is C20H28N4O4. The van der Waals surface area contributed by atoms with Crippen LogP contribution in [0.1, 0.15) is 45.2 Å². The molecule has 0 bridgehead atoms. The SMILES string of the molecule is CCOC(=O)C1=C(COCCN)N=C2CC(C)(C)CC(=O)C2C1c1cnc[nH]1. The van der Waals surface area contributed by atoms with Gasteiger partial charge in [-0.05, 0) is 18.8 Å². The number of aromatic amines is 1. The quantitative estimate of drug-likeness (QED) is 0.542. The summed E-state index contributed by atoms with van der Waals surface area (Å²) in [6.07, 6.45) is 4.32. The Bertz CT molecular complexity index is 795. The summed E-state index contributed by atoms with van der Waals surface area (Å²) in [6.45, 7) is 6.97. The number of Topliss-reactive ketones (excluding diaryl/α,β-unsaturated/α-hetero) is 1. The van der Waals surface area contributed by atoms with E-state index in [4.69, 9.17) is 20.2 Å². The van der Waals surface area contributed by atoms with Gasteiger partial charge in [0.1, 0.15) is 5.78 Å². The van der Waals surface area contributed by atoms with Gasteiger partial charge in [0.25, 0.3) is 0 Å². The van der Waals surface area contributed by atoms with Gasteiger partial charge >= 0.3 is 5.97 Å². The molecule has 28 heavy (non-hydrogen) atoms. The van der Waals surface area contributed by atoms with Crippen LogP contribution >= 0.6 is 0 Å². The minimum absolute atomic E-state index is 0.0818. The fourth-order valence-corrected chi connectivity index (χ4v) is 4.08. The van der Waals surface area contributed by atoms with Crippen molar-refractivity contribution in [1.29, 1.82) is 0 Å². The van der Waals surface area contributed by atoms with Crippen LogP contribution in [0.5, 0.6) is 0 Å². The number of H-pyrrole nitrogens is 1. The molecule has 8 nitrogen and oxygen atoms in total. The van der Waals surface area contributed by atoms with E-state index in [-0.39, 0.29) is 24.4 Å². The zero-order valence-electron chi connectivity index (χ0n) is 16.7. The fraction of sp³-hybridized carbons (Fsp3) is 0.600. The number of carbonyl (C=O) groups excluding carboxylic acids is 2. The highest BCUT2D eigenvalue weighted by Crippen LogP contribution is 2.46. The van der Waals surface area contributed by atoms with Crippen molar-refractivity contribution in [2.75, 3.05) is 26.4 Å². The highest BCUT2D eigenvalue weighted by Gasteiger charge is 2.48. The molecule has 0 saturated heterocycles. The Balaban J connectivity index is 2.13. The number of aliphatic imine (C=N–C) groups is 1. The van der Waals surface area contributed by atoms with E-state index in [0.717, 1.165) is 5.71 Å². The number of nitrogens with zero attached hydrogens (tertiary/aromatic N) is 2. The lowest BCUT2D eigenvalue weighted by Gasteiger charge is -2.40. The van der Waals surface area contributed by atoms with E-state index < -0.39 is 17.8 Å². The molecule has 2 heterocycles.